The molecule has 0 bridgehead atoms. The summed E-state index contributed by atoms with van der Waals surface area (Å²) in [7, 11) is 0. The molecule has 0 aromatic heterocycles. The topological polar surface area (TPSA) is 52.9 Å². The molecule has 0 spiro atoms. The fourth-order valence-electron chi connectivity index (χ4n) is 2.54. The number of nitrogens with zero attached hydrogens (tertiary/aromatic N) is 1. The summed E-state index contributed by atoms with van der Waals surface area (Å²) >= 11 is 0. The molecule has 0 heterocycles. The molecule has 0 saturated carbocycles. The molecule has 108 valence electrons. The molecule has 0 aliphatic heterocycles. The van der Waals surface area contributed by atoms with Crippen molar-refractivity contribution in [2.45, 2.75) is 26.2 Å². The summed E-state index contributed by atoms with van der Waals surface area (Å²) in [6.45, 7) is 4.26. The van der Waals surface area contributed by atoms with Gasteiger partial charge in [-0.25, -0.2) is 0 Å². The molecule has 0 saturated heterocycles. The first-order chi connectivity index (χ1) is 10.1. The molecule has 3 nitrogen and oxygen atoms in total. The first-order valence-corrected chi connectivity index (χ1v) is 7.25. The third-order valence-corrected chi connectivity index (χ3v) is 3.54. The Kier molecular flexibility index (Phi) is 4.94. The highest BCUT2D eigenvalue weighted by Crippen LogP contribution is 2.27. The molecular weight excluding hydrogens is 260 g/mol. The number of benzene rings is 2. The van der Waals surface area contributed by atoms with Gasteiger partial charge in [-0.05, 0) is 28.7 Å². The number of hydrogen-bond donors (Lipinski definition) is 1. The highest BCUT2D eigenvalue weighted by atomic mass is 16.1. The van der Waals surface area contributed by atoms with Crippen molar-refractivity contribution in [1.29, 1.82) is 5.26 Å². The van der Waals surface area contributed by atoms with Crippen LogP contribution in [0.2, 0.25) is 0 Å². The zero-order valence-corrected chi connectivity index (χ0v) is 12.5. The molecule has 0 aliphatic carbocycles. The van der Waals surface area contributed by atoms with Gasteiger partial charge in [0.25, 0.3) is 0 Å². The summed E-state index contributed by atoms with van der Waals surface area (Å²) in [5.74, 6) is 0.137. The van der Waals surface area contributed by atoms with Crippen LogP contribution < -0.4 is 5.32 Å². The fraction of sp³-hybridized carbons (Fsp3) is 0.333. The summed E-state index contributed by atoms with van der Waals surface area (Å²) in [5.41, 5.74) is 1.01. The normalized spacial score (nSPS) is 12.1. The second-order valence-corrected chi connectivity index (χ2v) is 5.66. The van der Waals surface area contributed by atoms with Crippen LogP contribution in [0.1, 0.15) is 31.7 Å². The van der Waals surface area contributed by atoms with Crippen LogP contribution in [-0.2, 0) is 4.79 Å². The Bertz CT molecular complexity index is 670. The van der Waals surface area contributed by atoms with Crippen LogP contribution in [0.3, 0.4) is 0 Å². The number of fused-ring (bicyclic) bond motifs is 1. The number of rotatable bonds is 5. The molecule has 2 aromatic rings. The Morgan fingerprint density at radius 1 is 1.19 bits per heavy atom. The van der Waals surface area contributed by atoms with Gasteiger partial charge in [0.2, 0.25) is 5.91 Å². The summed E-state index contributed by atoms with van der Waals surface area (Å²) in [4.78, 5) is 12.3. The first kappa shape index (κ1) is 15.1. The van der Waals surface area contributed by atoms with Gasteiger partial charge in [0, 0.05) is 0 Å². The average Bonchev–Trinajstić information content (AvgIpc) is 2.49. The Morgan fingerprint density at radius 2 is 1.90 bits per heavy atom. The predicted molar refractivity (Wildman–Crippen MR) is 84.8 cm³/mol. The Hall–Kier alpha value is -2.34. The highest BCUT2D eigenvalue weighted by molar-refractivity contribution is 5.88. The number of nitriles is 1. The highest BCUT2D eigenvalue weighted by Gasteiger charge is 2.21. The van der Waals surface area contributed by atoms with Gasteiger partial charge in [0.05, 0.1) is 12.0 Å². The lowest BCUT2D eigenvalue weighted by Crippen LogP contribution is -2.30. The van der Waals surface area contributed by atoms with Crippen LogP contribution >= 0.6 is 0 Å². The third kappa shape index (κ3) is 3.82. The summed E-state index contributed by atoms with van der Waals surface area (Å²) in [5, 5.41) is 13.6. The number of nitrogens with one attached hydrogen (secondary N) is 1. The minimum Gasteiger partial charge on any atom is -0.342 e. The van der Waals surface area contributed by atoms with Crippen molar-refractivity contribution in [3.63, 3.8) is 0 Å². The van der Waals surface area contributed by atoms with Crippen molar-refractivity contribution < 1.29 is 4.79 Å². The molecule has 2 rings (SSSR count). The first-order valence-electron chi connectivity index (χ1n) is 7.25. The molecule has 2 aromatic carbocycles. The van der Waals surface area contributed by atoms with E-state index in [4.69, 9.17) is 5.26 Å². The van der Waals surface area contributed by atoms with Gasteiger partial charge in [-0.15, -0.1) is 0 Å². The standard InChI is InChI=1S/C18H20N2O/c1-13(2)11-17(18(21)20-10-9-19)16-8-7-14-5-3-4-6-15(14)12-16/h3-8,12-13,17H,10-11H2,1-2H3,(H,20,21). The van der Waals surface area contributed by atoms with E-state index in [9.17, 15) is 4.79 Å². The van der Waals surface area contributed by atoms with E-state index in [2.05, 4.69) is 43.4 Å². The molecule has 1 N–H and O–H groups in total. The van der Waals surface area contributed by atoms with Gasteiger partial charge in [-0.3, -0.25) is 4.79 Å². The second kappa shape index (κ2) is 6.90. The maximum absolute atomic E-state index is 12.3. The van der Waals surface area contributed by atoms with E-state index in [1.807, 2.05) is 24.3 Å². The van der Waals surface area contributed by atoms with Gasteiger partial charge in [-0.1, -0.05) is 56.3 Å². The van der Waals surface area contributed by atoms with Crippen LogP contribution in [0.25, 0.3) is 10.8 Å². The predicted octanol–water partition coefficient (Wildman–Crippen LogP) is 3.61. The van der Waals surface area contributed by atoms with Gasteiger partial charge in [0.1, 0.15) is 6.54 Å². The minimum atomic E-state index is -0.206. The van der Waals surface area contributed by atoms with Crippen molar-refractivity contribution in [2.75, 3.05) is 6.54 Å². The van der Waals surface area contributed by atoms with E-state index in [1.165, 1.54) is 5.39 Å². The number of hydrogen-bond acceptors (Lipinski definition) is 2. The zero-order valence-electron chi connectivity index (χ0n) is 12.5. The van der Waals surface area contributed by atoms with Crippen LogP contribution in [0.4, 0.5) is 0 Å². The Balaban J connectivity index is 2.33. The quantitative estimate of drug-likeness (QED) is 0.851. The minimum absolute atomic E-state index is 0.0566. The Labute approximate surface area is 125 Å². The van der Waals surface area contributed by atoms with Crippen LogP contribution in [0.15, 0.2) is 42.5 Å². The number of amides is 1. The van der Waals surface area contributed by atoms with E-state index in [0.29, 0.717) is 5.92 Å². The van der Waals surface area contributed by atoms with Crippen molar-refractivity contribution in [1.82, 2.24) is 5.32 Å². The van der Waals surface area contributed by atoms with Crippen molar-refractivity contribution in [3.8, 4) is 6.07 Å². The number of carbonyl (C=O) groups excluding carboxylic acids is 1. The lowest BCUT2D eigenvalue weighted by Gasteiger charge is -2.19. The zero-order chi connectivity index (χ0) is 15.2. The molecule has 0 aliphatic rings. The molecule has 21 heavy (non-hydrogen) atoms. The third-order valence-electron chi connectivity index (χ3n) is 3.54. The summed E-state index contributed by atoms with van der Waals surface area (Å²) in [6, 6.07) is 16.2. The van der Waals surface area contributed by atoms with Crippen LogP contribution in [-0.4, -0.2) is 12.5 Å². The molecule has 1 unspecified atom stereocenters. The largest absolute Gasteiger partial charge is 0.342 e. The van der Waals surface area contributed by atoms with Crippen LogP contribution in [0.5, 0.6) is 0 Å². The summed E-state index contributed by atoms with van der Waals surface area (Å²) in [6.07, 6.45) is 0.773. The van der Waals surface area contributed by atoms with Gasteiger partial charge in [-0.2, -0.15) is 5.26 Å². The maximum atomic E-state index is 12.3. The lowest BCUT2D eigenvalue weighted by atomic mass is 9.88. The molecule has 1 atom stereocenters. The maximum Gasteiger partial charge on any atom is 0.228 e. The number of carbonyl (C=O) groups is 1. The van der Waals surface area contributed by atoms with Gasteiger partial charge in [0.15, 0.2) is 0 Å². The van der Waals surface area contributed by atoms with E-state index in [-0.39, 0.29) is 18.4 Å². The van der Waals surface area contributed by atoms with E-state index in [0.717, 1.165) is 17.4 Å². The average molecular weight is 280 g/mol. The molecule has 3 heteroatoms. The van der Waals surface area contributed by atoms with Crippen LogP contribution in [0, 0.1) is 17.2 Å². The monoisotopic (exact) mass is 280 g/mol. The lowest BCUT2D eigenvalue weighted by molar-refractivity contribution is -0.122. The molecule has 0 radical (unpaired) electrons. The molecular formula is C18H20N2O. The fourth-order valence-corrected chi connectivity index (χ4v) is 2.54. The molecule has 0 fully saturated rings. The van der Waals surface area contributed by atoms with Crippen molar-refractivity contribution in [2.24, 2.45) is 5.92 Å². The molecule has 1 amide bonds. The van der Waals surface area contributed by atoms with E-state index < -0.39 is 0 Å². The van der Waals surface area contributed by atoms with Gasteiger partial charge < -0.3 is 5.32 Å². The van der Waals surface area contributed by atoms with E-state index >= 15 is 0 Å². The van der Waals surface area contributed by atoms with E-state index in [1.54, 1.807) is 0 Å². The smallest absolute Gasteiger partial charge is 0.228 e. The van der Waals surface area contributed by atoms with Crippen molar-refractivity contribution >= 4 is 16.7 Å². The Morgan fingerprint density at radius 3 is 2.57 bits per heavy atom. The summed E-state index contributed by atoms with van der Waals surface area (Å²) < 4.78 is 0. The SMILES string of the molecule is CC(C)CC(C(=O)NCC#N)c1ccc2ccccc2c1. The second-order valence-electron chi connectivity index (χ2n) is 5.66. The van der Waals surface area contributed by atoms with Gasteiger partial charge >= 0.3 is 0 Å². The van der Waals surface area contributed by atoms with Crippen molar-refractivity contribution in [3.05, 3.63) is 48.0 Å².